The Morgan fingerprint density at radius 2 is 1.83 bits per heavy atom. The molecule has 29 heavy (non-hydrogen) atoms. The molecule has 0 spiro atoms. The number of nitrogens with one attached hydrogen (secondary N) is 1. The molecule has 0 unspecified atom stereocenters. The monoisotopic (exact) mass is 402 g/mol. The minimum absolute atomic E-state index is 0.530. The molecule has 1 aliphatic heterocycles. The number of unbranched alkanes of at least 4 members (excludes halogenated alkanes) is 2. The zero-order chi connectivity index (χ0) is 20.2. The van der Waals surface area contributed by atoms with Crippen molar-refractivity contribution in [2.75, 3.05) is 50.8 Å². The van der Waals surface area contributed by atoms with Crippen molar-refractivity contribution < 1.29 is 4.74 Å². The second-order valence-corrected chi connectivity index (χ2v) is 7.95. The Hall–Kier alpha value is -1.89. The zero-order valence-electron chi connectivity index (χ0n) is 18.1. The lowest BCUT2D eigenvalue weighted by Gasteiger charge is -2.36. The fourth-order valence-electron chi connectivity index (χ4n) is 4.06. The lowest BCUT2D eigenvalue weighted by molar-refractivity contribution is 0.0264. The van der Waals surface area contributed by atoms with Crippen molar-refractivity contribution in [1.29, 1.82) is 0 Å². The molecular weight excluding hydrogens is 364 g/mol. The third-order valence-electron chi connectivity index (χ3n) is 5.72. The molecular formula is C22H38N6O. The number of aliphatic imine (C=N–C) groups is 1. The molecule has 2 fully saturated rings. The largest absolute Gasteiger partial charge is 0.378 e. The molecule has 1 aromatic rings. The molecule has 2 aliphatic rings. The fourth-order valence-corrected chi connectivity index (χ4v) is 4.06. The maximum absolute atomic E-state index is 6.02. The Morgan fingerprint density at radius 1 is 1.07 bits per heavy atom. The van der Waals surface area contributed by atoms with Crippen LogP contribution in [0.25, 0.3) is 0 Å². The van der Waals surface area contributed by atoms with E-state index in [0.29, 0.717) is 6.10 Å². The van der Waals surface area contributed by atoms with Gasteiger partial charge in [-0.3, -0.25) is 4.99 Å². The first-order chi connectivity index (χ1) is 14.4. The van der Waals surface area contributed by atoms with Crippen molar-refractivity contribution in [2.45, 2.75) is 64.4 Å². The maximum atomic E-state index is 6.02. The van der Waals surface area contributed by atoms with Crippen molar-refractivity contribution in [3.8, 4) is 0 Å². The highest BCUT2D eigenvalue weighted by Gasteiger charge is 2.21. The van der Waals surface area contributed by atoms with Crippen LogP contribution in [0.1, 0.15) is 58.3 Å². The molecule has 0 aromatic carbocycles. The van der Waals surface area contributed by atoms with E-state index in [4.69, 9.17) is 9.73 Å². The van der Waals surface area contributed by atoms with Gasteiger partial charge in [0.25, 0.3) is 0 Å². The van der Waals surface area contributed by atoms with Crippen molar-refractivity contribution in [2.24, 2.45) is 4.99 Å². The van der Waals surface area contributed by atoms with Crippen LogP contribution in [-0.2, 0) is 4.74 Å². The van der Waals surface area contributed by atoms with E-state index in [1.165, 1.54) is 38.5 Å². The average molecular weight is 403 g/mol. The second kappa shape index (κ2) is 12.6. The maximum Gasteiger partial charge on any atom is 0.225 e. The van der Waals surface area contributed by atoms with E-state index in [1.807, 2.05) is 6.07 Å². The van der Waals surface area contributed by atoms with Gasteiger partial charge in [0.05, 0.1) is 6.10 Å². The summed E-state index contributed by atoms with van der Waals surface area (Å²) in [4.78, 5) is 18.2. The van der Waals surface area contributed by atoms with Crippen molar-refractivity contribution in [3.05, 3.63) is 18.5 Å². The summed E-state index contributed by atoms with van der Waals surface area (Å²) in [7, 11) is 0. The summed E-state index contributed by atoms with van der Waals surface area (Å²) >= 11 is 0. The number of anilines is 1. The van der Waals surface area contributed by atoms with Gasteiger partial charge in [0.15, 0.2) is 5.96 Å². The highest BCUT2D eigenvalue weighted by molar-refractivity contribution is 5.80. The summed E-state index contributed by atoms with van der Waals surface area (Å²) < 4.78 is 6.02. The summed E-state index contributed by atoms with van der Waals surface area (Å²) in [5, 5.41) is 3.45. The van der Waals surface area contributed by atoms with Gasteiger partial charge >= 0.3 is 0 Å². The Balaban J connectivity index is 1.33. The van der Waals surface area contributed by atoms with Gasteiger partial charge < -0.3 is 19.9 Å². The number of aromatic nitrogens is 2. The van der Waals surface area contributed by atoms with Crippen LogP contribution in [-0.4, -0.2) is 72.8 Å². The summed E-state index contributed by atoms with van der Waals surface area (Å²) in [6.45, 7) is 8.56. The predicted octanol–water partition coefficient (Wildman–Crippen LogP) is 3.08. The molecule has 1 aliphatic carbocycles. The molecule has 7 nitrogen and oxygen atoms in total. The van der Waals surface area contributed by atoms with Crippen LogP contribution in [0.3, 0.4) is 0 Å². The van der Waals surface area contributed by atoms with Gasteiger partial charge in [0.2, 0.25) is 5.95 Å². The molecule has 1 N–H and O–H groups in total. The number of guanidine groups is 1. The van der Waals surface area contributed by atoms with E-state index in [2.05, 4.69) is 32.0 Å². The first-order valence-electron chi connectivity index (χ1n) is 11.5. The van der Waals surface area contributed by atoms with Gasteiger partial charge in [0, 0.05) is 58.3 Å². The lowest BCUT2D eigenvalue weighted by Crippen LogP contribution is -2.53. The fraction of sp³-hybridized carbons (Fsp3) is 0.773. The molecule has 0 amide bonds. The smallest absolute Gasteiger partial charge is 0.225 e. The van der Waals surface area contributed by atoms with Crippen LogP contribution in [0.4, 0.5) is 5.95 Å². The number of ether oxygens (including phenoxy) is 1. The van der Waals surface area contributed by atoms with Crippen molar-refractivity contribution >= 4 is 11.9 Å². The number of hydrogen-bond acceptors (Lipinski definition) is 5. The van der Waals surface area contributed by atoms with Gasteiger partial charge in [-0.15, -0.1) is 0 Å². The second-order valence-electron chi connectivity index (χ2n) is 7.95. The molecule has 3 rings (SSSR count). The van der Waals surface area contributed by atoms with Crippen LogP contribution in [0.5, 0.6) is 0 Å². The van der Waals surface area contributed by atoms with E-state index >= 15 is 0 Å². The lowest BCUT2D eigenvalue weighted by atomic mass is 9.98. The van der Waals surface area contributed by atoms with Crippen LogP contribution in [0.15, 0.2) is 23.5 Å². The average Bonchev–Trinajstić information content (AvgIpc) is 2.79. The summed E-state index contributed by atoms with van der Waals surface area (Å²) in [5.41, 5.74) is 0. The summed E-state index contributed by atoms with van der Waals surface area (Å²) in [5.74, 6) is 1.86. The summed E-state index contributed by atoms with van der Waals surface area (Å²) in [6.07, 6.45) is 14.2. The quantitative estimate of drug-likeness (QED) is 0.389. The number of hydrogen-bond donors (Lipinski definition) is 1. The molecule has 0 bridgehead atoms. The normalized spacial score (nSPS) is 18.9. The minimum Gasteiger partial charge on any atom is -0.378 e. The molecule has 1 saturated heterocycles. The number of rotatable bonds is 9. The Morgan fingerprint density at radius 3 is 2.55 bits per heavy atom. The SMILES string of the molecule is CCNC(=NCCCCCOC1CCCCC1)N1CCN(c2ncccn2)CC1. The molecule has 162 valence electrons. The standard InChI is InChI=1S/C22H38N6O/c1-2-23-21(24-12-7-4-8-19-29-20-10-5-3-6-11-20)27-15-17-28(18-16-27)22-25-13-9-14-26-22/h9,13-14,20H,2-8,10-12,15-19H2,1H3,(H,23,24). The van der Waals surface area contributed by atoms with E-state index in [0.717, 1.165) is 70.6 Å². The molecule has 0 radical (unpaired) electrons. The molecule has 7 heteroatoms. The van der Waals surface area contributed by atoms with Crippen LogP contribution in [0.2, 0.25) is 0 Å². The molecule has 1 aromatic heterocycles. The third kappa shape index (κ3) is 7.46. The van der Waals surface area contributed by atoms with Gasteiger partial charge in [-0.25, -0.2) is 9.97 Å². The predicted molar refractivity (Wildman–Crippen MR) is 118 cm³/mol. The molecule has 0 atom stereocenters. The Labute approximate surface area is 176 Å². The van der Waals surface area contributed by atoms with E-state index in [9.17, 15) is 0 Å². The molecule has 1 saturated carbocycles. The minimum atomic E-state index is 0.530. The van der Waals surface area contributed by atoms with E-state index in [-0.39, 0.29) is 0 Å². The topological polar surface area (TPSA) is 65.9 Å². The van der Waals surface area contributed by atoms with Crippen LogP contribution >= 0.6 is 0 Å². The molecule has 2 heterocycles. The van der Waals surface area contributed by atoms with Gasteiger partial charge in [-0.2, -0.15) is 0 Å². The third-order valence-corrected chi connectivity index (χ3v) is 5.72. The highest BCUT2D eigenvalue weighted by atomic mass is 16.5. The first-order valence-corrected chi connectivity index (χ1v) is 11.5. The zero-order valence-corrected chi connectivity index (χ0v) is 18.1. The number of nitrogens with zero attached hydrogens (tertiary/aromatic N) is 5. The van der Waals surface area contributed by atoms with E-state index < -0.39 is 0 Å². The van der Waals surface area contributed by atoms with E-state index in [1.54, 1.807) is 12.4 Å². The van der Waals surface area contributed by atoms with Gasteiger partial charge in [-0.05, 0) is 45.1 Å². The Bertz CT molecular complexity index is 582. The van der Waals surface area contributed by atoms with Gasteiger partial charge in [0.1, 0.15) is 0 Å². The Kier molecular flexibility index (Phi) is 9.50. The van der Waals surface area contributed by atoms with Crippen LogP contribution < -0.4 is 10.2 Å². The van der Waals surface area contributed by atoms with Crippen molar-refractivity contribution in [1.82, 2.24) is 20.2 Å². The van der Waals surface area contributed by atoms with Gasteiger partial charge in [-0.1, -0.05) is 19.3 Å². The number of piperazine rings is 1. The summed E-state index contributed by atoms with van der Waals surface area (Å²) in [6, 6.07) is 1.86. The van der Waals surface area contributed by atoms with Crippen molar-refractivity contribution in [3.63, 3.8) is 0 Å². The van der Waals surface area contributed by atoms with Crippen LogP contribution in [0, 0.1) is 0 Å². The first kappa shape index (κ1) is 21.8. The highest BCUT2D eigenvalue weighted by Crippen LogP contribution is 2.20.